The van der Waals surface area contributed by atoms with E-state index in [9.17, 15) is 9.59 Å². The van der Waals surface area contributed by atoms with Gasteiger partial charge >= 0.3 is 0 Å². The molecule has 8 nitrogen and oxygen atoms in total. The zero-order valence-electron chi connectivity index (χ0n) is 19.6. The third-order valence-corrected chi connectivity index (χ3v) is 7.43. The Hall–Kier alpha value is -3.78. The van der Waals surface area contributed by atoms with Gasteiger partial charge < -0.3 is 29.4 Å². The van der Waals surface area contributed by atoms with Gasteiger partial charge in [0, 0.05) is 47.5 Å². The quantitative estimate of drug-likeness (QED) is 0.515. The molecule has 2 N–H and O–H groups in total. The zero-order chi connectivity index (χ0) is 24.2. The number of para-hydroxylation sites is 1. The fourth-order valence-corrected chi connectivity index (χ4v) is 5.77. The van der Waals surface area contributed by atoms with E-state index in [0.29, 0.717) is 30.3 Å². The fourth-order valence-electron chi connectivity index (χ4n) is 5.77. The van der Waals surface area contributed by atoms with E-state index in [0.717, 1.165) is 11.9 Å². The number of carbonyl (C=O) groups is 2. The summed E-state index contributed by atoms with van der Waals surface area (Å²) >= 11 is 0. The predicted molar refractivity (Wildman–Crippen MR) is 130 cm³/mol. The van der Waals surface area contributed by atoms with Gasteiger partial charge in [-0.05, 0) is 18.1 Å². The molecule has 1 spiro atoms. The molecule has 0 saturated carbocycles. The monoisotopic (exact) mass is 473 g/mol. The molecule has 6 rings (SSSR count). The van der Waals surface area contributed by atoms with Crippen LogP contribution < -0.4 is 14.8 Å². The molecule has 2 saturated heterocycles. The molecule has 4 atom stereocenters. The lowest BCUT2D eigenvalue weighted by Crippen LogP contribution is -2.41. The Labute approximate surface area is 202 Å². The minimum absolute atomic E-state index is 0.0277. The van der Waals surface area contributed by atoms with Crippen LogP contribution in [-0.2, 0) is 20.7 Å². The highest BCUT2D eigenvalue weighted by Gasteiger charge is 2.66. The van der Waals surface area contributed by atoms with E-state index in [2.05, 4.69) is 16.4 Å². The van der Waals surface area contributed by atoms with Crippen LogP contribution >= 0.6 is 0 Å². The maximum atomic E-state index is 13.5. The first kappa shape index (κ1) is 21.7. The Morgan fingerprint density at radius 1 is 1.20 bits per heavy atom. The van der Waals surface area contributed by atoms with Crippen molar-refractivity contribution in [2.24, 2.45) is 11.8 Å². The first-order valence-electron chi connectivity index (χ1n) is 11.8. The summed E-state index contributed by atoms with van der Waals surface area (Å²) in [5, 5.41) is 4.12. The van der Waals surface area contributed by atoms with Gasteiger partial charge in [0.25, 0.3) is 0 Å². The summed E-state index contributed by atoms with van der Waals surface area (Å²) in [6.45, 7) is 1.03. The Morgan fingerprint density at radius 3 is 2.74 bits per heavy atom. The van der Waals surface area contributed by atoms with Gasteiger partial charge in [0.1, 0.15) is 17.1 Å². The number of nitrogens with one attached hydrogen (secondary N) is 2. The van der Waals surface area contributed by atoms with E-state index in [1.165, 1.54) is 10.9 Å². The van der Waals surface area contributed by atoms with Crippen molar-refractivity contribution in [3.8, 4) is 11.5 Å². The number of rotatable bonds is 7. The van der Waals surface area contributed by atoms with E-state index >= 15 is 0 Å². The molecular weight excluding hydrogens is 446 g/mol. The number of hydrogen-bond acceptors (Lipinski definition) is 5. The average Bonchev–Trinajstić information content (AvgIpc) is 3.62. The second-order valence-electron chi connectivity index (χ2n) is 9.36. The second-order valence-corrected chi connectivity index (χ2v) is 9.36. The lowest BCUT2D eigenvalue weighted by atomic mass is 9.77. The first-order valence-corrected chi connectivity index (χ1v) is 11.8. The summed E-state index contributed by atoms with van der Waals surface area (Å²) in [6, 6.07) is 13.3. The summed E-state index contributed by atoms with van der Waals surface area (Å²) in [5.74, 6) is -0.259. The highest BCUT2D eigenvalue weighted by molar-refractivity contribution is 5.99. The van der Waals surface area contributed by atoms with Crippen LogP contribution in [0.4, 0.5) is 5.69 Å². The molecule has 1 aromatic heterocycles. The number of methoxy groups -OCH3 is 2. The molecule has 35 heavy (non-hydrogen) atoms. The number of likely N-dealkylation sites (tertiary alicyclic amines) is 1. The van der Waals surface area contributed by atoms with Crippen molar-refractivity contribution in [1.82, 2.24) is 9.88 Å². The lowest BCUT2D eigenvalue weighted by molar-refractivity contribution is -0.135. The third kappa shape index (κ3) is 3.47. The van der Waals surface area contributed by atoms with Crippen LogP contribution in [-0.4, -0.2) is 60.7 Å². The van der Waals surface area contributed by atoms with Crippen LogP contribution in [0, 0.1) is 11.8 Å². The number of benzene rings is 2. The van der Waals surface area contributed by atoms with Crippen molar-refractivity contribution in [2.75, 3.05) is 32.6 Å². The molecule has 4 unspecified atom stereocenters. The molecule has 2 bridgehead atoms. The van der Waals surface area contributed by atoms with Crippen LogP contribution in [0.2, 0.25) is 0 Å². The Kier molecular flexibility index (Phi) is 5.07. The first-order chi connectivity index (χ1) is 17.0. The topological polar surface area (TPSA) is 92.9 Å². The standard InChI is InChI=1S/C27H27N3O5/c1-33-18-11-17(12-19(13-18)34-2)29-25(31)23-22-7-9-27(35-22)15-30(26(32)24(23)27)10-8-16-14-28-21-6-4-3-5-20(16)21/h3-7,9,11-14,22-24,28H,8,10,15H2,1-2H3,(H,29,31). The molecule has 0 aliphatic carbocycles. The second kappa shape index (κ2) is 8.16. The van der Waals surface area contributed by atoms with Crippen molar-refractivity contribution in [3.63, 3.8) is 0 Å². The zero-order valence-corrected chi connectivity index (χ0v) is 19.6. The molecule has 180 valence electrons. The maximum Gasteiger partial charge on any atom is 0.231 e. The highest BCUT2D eigenvalue weighted by atomic mass is 16.5. The lowest BCUT2D eigenvalue weighted by Gasteiger charge is -2.23. The van der Waals surface area contributed by atoms with Crippen molar-refractivity contribution in [2.45, 2.75) is 18.1 Å². The number of anilines is 1. The van der Waals surface area contributed by atoms with E-state index in [1.807, 2.05) is 41.4 Å². The van der Waals surface area contributed by atoms with Gasteiger partial charge in [-0.25, -0.2) is 0 Å². The molecule has 3 aliphatic rings. The molecule has 3 aromatic rings. The third-order valence-electron chi connectivity index (χ3n) is 7.43. The SMILES string of the molecule is COc1cc(NC(=O)C2C3C=CC4(CN(CCc5c[nH]c6ccccc56)C(=O)C24)O3)cc(OC)c1. The van der Waals surface area contributed by atoms with E-state index in [-0.39, 0.29) is 11.8 Å². The summed E-state index contributed by atoms with van der Waals surface area (Å²) in [5.41, 5.74) is 2.07. The predicted octanol–water partition coefficient (Wildman–Crippen LogP) is 3.15. The van der Waals surface area contributed by atoms with Gasteiger partial charge in [-0.3, -0.25) is 9.59 Å². The summed E-state index contributed by atoms with van der Waals surface area (Å²) in [7, 11) is 3.11. The number of amides is 2. The van der Waals surface area contributed by atoms with Crippen molar-refractivity contribution < 1.29 is 23.8 Å². The van der Waals surface area contributed by atoms with Gasteiger partial charge in [-0.1, -0.05) is 30.4 Å². The number of aromatic nitrogens is 1. The van der Waals surface area contributed by atoms with Gasteiger partial charge in [0.2, 0.25) is 11.8 Å². The van der Waals surface area contributed by atoms with Gasteiger partial charge in [-0.15, -0.1) is 0 Å². The molecule has 2 amide bonds. The smallest absolute Gasteiger partial charge is 0.231 e. The highest BCUT2D eigenvalue weighted by Crippen LogP contribution is 2.52. The van der Waals surface area contributed by atoms with E-state index in [4.69, 9.17) is 14.2 Å². The van der Waals surface area contributed by atoms with E-state index in [1.54, 1.807) is 32.4 Å². The number of nitrogens with zero attached hydrogens (tertiary/aromatic N) is 1. The normalized spacial score (nSPS) is 26.4. The molecule has 4 heterocycles. The number of hydrogen-bond donors (Lipinski definition) is 2. The Balaban J connectivity index is 1.20. The molecule has 0 radical (unpaired) electrons. The van der Waals surface area contributed by atoms with Crippen LogP contribution in [0.3, 0.4) is 0 Å². The van der Waals surface area contributed by atoms with Crippen LogP contribution in [0.25, 0.3) is 10.9 Å². The van der Waals surface area contributed by atoms with E-state index < -0.39 is 23.5 Å². The van der Waals surface area contributed by atoms with Crippen molar-refractivity contribution >= 4 is 28.4 Å². The largest absolute Gasteiger partial charge is 0.497 e. The maximum absolute atomic E-state index is 13.5. The van der Waals surface area contributed by atoms with Gasteiger partial charge in [-0.2, -0.15) is 0 Å². The summed E-state index contributed by atoms with van der Waals surface area (Å²) in [6.07, 6.45) is 6.22. The number of aromatic amines is 1. The van der Waals surface area contributed by atoms with Crippen LogP contribution in [0.5, 0.6) is 11.5 Å². The number of carbonyl (C=O) groups excluding carboxylic acids is 2. The van der Waals surface area contributed by atoms with Crippen LogP contribution in [0.15, 0.2) is 60.8 Å². The Bertz CT molecular complexity index is 1330. The average molecular weight is 474 g/mol. The number of ether oxygens (including phenoxy) is 3. The molecular formula is C27H27N3O5. The summed E-state index contributed by atoms with van der Waals surface area (Å²) < 4.78 is 16.9. The van der Waals surface area contributed by atoms with Crippen LogP contribution in [0.1, 0.15) is 5.56 Å². The van der Waals surface area contributed by atoms with Gasteiger partial charge in [0.05, 0.1) is 38.7 Å². The molecule has 2 fully saturated rings. The van der Waals surface area contributed by atoms with Crippen molar-refractivity contribution in [3.05, 3.63) is 66.4 Å². The number of fused-ring (bicyclic) bond motifs is 2. The van der Waals surface area contributed by atoms with Crippen molar-refractivity contribution in [1.29, 1.82) is 0 Å². The minimum Gasteiger partial charge on any atom is -0.497 e. The number of H-pyrrole nitrogens is 1. The summed E-state index contributed by atoms with van der Waals surface area (Å²) in [4.78, 5) is 32.1. The molecule has 8 heteroatoms. The molecule has 2 aromatic carbocycles. The Morgan fingerprint density at radius 2 is 1.97 bits per heavy atom. The molecule has 3 aliphatic heterocycles. The van der Waals surface area contributed by atoms with Gasteiger partial charge in [0.15, 0.2) is 0 Å². The minimum atomic E-state index is -0.740. The fraction of sp³-hybridized carbons (Fsp3) is 0.333.